The fourth-order valence-corrected chi connectivity index (χ4v) is 3.49. The molecule has 0 radical (unpaired) electrons. The Hall–Kier alpha value is -3.80. The molecule has 0 aliphatic heterocycles. The van der Waals surface area contributed by atoms with Gasteiger partial charge in [-0.25, -0.2) is 9.37 Å². The maximum atomic E-state index is 13.3. The number of anilines is 1. The number of halogens is 1. The number of hydrogen-bond donors (Lipinski definition) is 1. The monoisotopic (exact) mass is 414 g/mol. The van der Waals surface area contributed by atoms with Crippen LogP contribution < -0.4 is 10.9 Å². The molecule has 4 aromatic rings. The van der Waals surface area contributed by atoms with Crippen LogP contribution >= 0.6 is 0 Å². The summed E-state index contributed by atoms with van der Waals surface area (Å²) in [5, 5.41) is 3.29. The predicted molar refractivity (Wildman–Crippen MR) is 121 cm³/mol. The number of aromatic nitrogens is 3. The lowest BCUT2D eigenvalue weighted by molar-refractivity contribution is 0.626. The molecule has 0 unspecified atom stereocenters. The molecule has 0 atom stereocenters. The summed E-state index contributed by atoms with van der Waals surface area (Å²) in [5.74, 6) is 0.277. The predicted octanol–water partition coefficient (Wildman–Crippen LogP) is 4.69. The van der Waals surface area contributed by atoms with Crippen molar-refractivity contribution in [1.82, 2.24) is 14.5 Å². The van der Waals surface area contributed by atoms with Gasteiger partial charge in [0.05, 0.1) is 11.3 Å². The van der Waals surface area contributed by atoms with E-state index in [0.717, 1.165) is 29.5 Å². The molecule has 0 fully saturated rings. The number of benzene rings is 2. The van der Waals surface area contributed by atoms with E-state index in [9.17, 15) is 9.18 Å². The molecule has 0 aliphatic rings. The van der Waals surface area contributed by atoms with Crippen molar-refractivity contribution in [3.63, 3.8) is 0 Å². The van der Waals surface area contributed by atoms with Crippen LogP contribution in [0.1, 0.15) is 12.0 Å². The van der Waals surface area contributed by atoms with Crippen molar-refractivity contribution in [3.8, 4) is 22.4 Å². The van der Waals surface area contributed by atoms with Crippen LogP contribution in [-0.4, -0.2) is 21.1 Å². The topological polar surface area (TPSA) is 59.8 Å². The summed E-state index contributed by atoms with van der Waals surface area (Å²) in [6.45, 7) is 0.637. The van der Waals surface area contributed by atoms with Crippen LogP contribution in [0.4, 0.5) is 10.3 Å². The number of pyridine rings is 1. The molecule has 0 bridgehead atoms. The Morgan fingerprint density at radius 2 is 1.65 bits per heavy atom. The summed E-state index contributed by atoms with van der Waals surface area (Å²) in [7, 11) is 1.72. The molecule has 0 saturated carbocycles. The SMILES string of the molecule is Cn1c(NCCCc2ccc(F)cc2)nc(-c2ccncc2)c(-c2ccccc2)c1=O. The molecule has 4 rings (SSSR count). The summed E-state index contributed by atoms with van der Waals surface area (Å²) in [6, 6.07) is 19.8. The van der Waals surface area contributed by atoms with Crippen LogP contribution in [-0.2, 0) is 13.5 Å². The summed E-state index contributed by atoms with van der Waals surface area (Å²) in [6.07, 6.45) is 5.02. The molecule has 5 nitrogen and oxygen atoms in total. The molecule has 2 heterocycles. The number of hydrogen-bond acceptors (Lipinski definition) is 4. The van der Waals surface area contributed by atoms with Gasteiger partial charge >= 0.3 is 0 Å². The molecule has 1 N–H and O–H groups in total. The van der Waals surface area contributed by atoms with E-state index >= 15 is 0 Å². The first-order valence-corrected chi connectivity index (χ1v) is 10.2. The maximum absolute atomic E-state index is 13.3. The highest BCUT2D eigenvalue weighted by atomic mass is 19.1. The minimum atomic E-state index is -0.233. The van der Waals surface area contributed by atoms with Crippen LogP contribution in [0.25, 0.3) is 22.4 Å². The Morgan fingerprint density at radius 3 is 2.35 bits per heavy atom. The van der Waals surface area contributed by atoms with Crippen molar-refractivity contribution in [2.24, 2.45) is 7.05 Å². The van der Waals surface area contributed by atoms with Gasteiger partial charge in [0.1, 0.15) is 5.82 Å². The van der Waals surface area contributed by atoms with Crippen LogP contribution in [0, 0.1) is 5.82 Å². The Kier molecular flexibility index (Phi) is 6.17. The second-order valence-electron chi connectivity index (χ2n) is 7.28. The van der Waals surface area contributed by atoms with Gasteiger partial charge in [0, 0.05) is 31.5 Å². The van der Waals surface area contributed by atoms with Crippen LogP contribution in [0.3, 0.4) is 0 Å². The minimum absolute atomic E-state index is 0.117. The van der Waals surface area contributed by atoms with E-state index in [4.69, 9.17) is 4.98 Å². The van der Waals surface area contributed by atoms with Crippen LogP contribution in [0.15, 0.2) is 83.9 Å². The van der Waals surface area contributed by atoms with E-state index < -0.39 is 0 Å². The highest BCUT2D eigenvalue weighted by molar-refractivity contribution is 5.80. The number of nitrogens with one attached hydrogen (secondary N) is 1. The van der Waals surface area contributed by atoms with Gasteiger partial charge in [0.2, 0.25) is 5.95 Å². The van der Waals surface area contributed by atoms with Crippen molar-refractivity contribution >= 4 is 5.95 Å². The standard InChI is InChI=1S/C25H23FN4O/c1-30-24(31)22(19-7-3-2-4-8-19)23(20-13-16-27-17-14-20)29-25(30)28-15-5-6-18-9-11-21(26)12-10-18/h2-4,7-14,16-17H,5-6,15H2,1H3,(H,28,29). The number of rotatable bonds is 7. The molecule has 0 spiro atoms. The van der Waals surface area contributed by atoms with E-state index in [-0.39, 0.29) is 11.4 Å². The smallest absolute Gasteiger partial charge is 0.263 e. The first-order valence-electron chi connectivity index (χ1n) is 10.2. The second-order valence-corrected chi connectivity index (χ2v) is 7.28. The van der Waals surface area contributed by atoms with Gasteiger partial charge in [-0.1, -0.05) is 42.5 Å². The largest absolute Gasteiger partial charge is 0.356 e. The van der Waals surface area contributed by atoms with E-state index in [1.165, 1.54) is 12.1 Å². The first kappa shape index (κ1) is 20.5. The van der Waals surface area contributed by atoms with Crippen LogP contribution in [0.2, 0.25) is 0 Å². The molecule has 0 saturated heterocycles. The molecule has 156 valence electrons. The fraction of sp³-hybridized carbons (Fsp3) is 0.160. The molecular weight excluding hydrogens is 391 g/mol. The van der Waals surface area contributed by atoms with E-state index in [1.807, 2.05) is 42.5 Å². The van der Waals surface area contributed by atoms with E-state index in [2.05, 4.69) is 10.3 Å². The van der Waals surface area contributed by atoms with Gasteiger partial charge < -0.3 is 5.32 Å². The first-order chi connectivity index (χ1) is 15.1. The zero-order chi connectivity index (χ0) is 21.6. The average molecular weight is 414 g/mol. The molecular formula is C25H23FN4O. The molecule has 0 aliphatic carbocycles. The van der Waals surface area contributed by atoms with E-state index in [0.29, 0.717) is 23.8 Å². The summed E-state index contributed by atoms with van der Waals surface area (Å²) < 4.78 is 14.6. The van der Waals surface area contributed by atoms with Gasteiger partial charge in [0.15, 0.2) is 0 Å². The summed E-state index contributed by atoms with van der Waals surface area (Å²) >= 11 is 0. The van der Waals surface area contributed by atoms with Crippen molar-refractivity contribution in [2.45, 2.75) is 12.8 Å². The number of aryl methyl sites for hydroxylation is 1. The molecule has 31 heavy (non-hydrogen) atoms. The lowest BCUT2D eigenvalue weighted by Crippen LogP contribution is -2.25. The number of nitrogens with zero attached hydrogens (tertiary/aromatic N) is 3. The zero-order valence-corrected chi connectivity index (χ0v) is 17.3. The average Bonchev–Trinajstić information content (AvgIpc) is 2.81. The maximum Gasteiger partial charge on any atom is 0.263 e. The minimum Gasteiger partial charge on any atom is -0.356 e. The zero-order valence-electron chi connectivity index (χ0n) is 17.3. The third-order valence-corrected chi connectivity index (χ3v) is 5.15. The van der Waals surface area contributed by atoms with Crippen molar-refractivity contribution in [2.75, 3.05) is 11.9 Å². The Labute approximate surface area is 180 Å². The lowest BCUT2D eigenvalue weighted by atomic mass is 10.0. The van der Waals surface area contributed by atoms with Crippen molar-refractivity contribution < 1.29 is 4.39 Å². The highest BCUT2D eigenvalue weighted by Gasteiger charge is 2.17. The normalized spacial score (nSPS) is 10.8. The fourth-order valence-electron chi connectivity index (χ4n) is 3.49. The second kappa shape index (κ2) is 9.34. The van der Waals surface area contributed by atoms with Gasteiger partial charge in [-0.15, -0.1) is 0 Å². The van der Waals surface area contributed by atoms with Crippen molar-refractivity contribution in [1.29, 1.82) is 0 Å². The third kappa shape index (κ3) is 4.69. The highest BCUT2D eigenvalue weighted by Crippen LogP contribution is 2.28. The van der Waals surface area contributed by atoms with Gasteiger partial charge in [-0.05, 0) is 48.2 Å². The molecule has 2 aromatic carbocycles. The van der Waals surface area contributed by atoms with E-state index in [1.54, 1.807) is 36.1 Å². The van der Waals surface area contributed by atoms with Gasteiger partial charge in [-0.3, -0.25) is 14.3 Å². The van der Waals surface area contributed by atoms with Gasteiger partial charge in [-0.2, -0.15) is 0 Å². The van der Waals surface area contributed by atoms with Crippen molar-refractivity contribution in [3.05, 3.63) is 101 Å². The van der Waals surface area contributed by atoms with Crippen LogP contribution in [0.5, 0.6) is 0 Å². The molecule has 2 aromatic heterocycles. The summed E-state index contributed by atoms with van der Waals surface area (Å²) in [4.78, 5) is 22.2. The quantitative estimate of drug-likeness (QED) is 0.446. The lowest BCUT2D eigenvalue weighted by Gasteiger charge is -2.16. The Morgan fingerprint density at radius 1 is 0.935 bits per heavy atom. The Balaban J connectivity index is 1.62. The van der Waals surface area contributed by atoms with Gasteiger partial charge in [0.25, 0.3) is 5.56 Å². The Bertz CT molecular complexity index is 1210. The molecule has 6 heteroatoms. The summed E-state index contributed by atoms with van der Waals surface area (Å²) in [5.41, 5.74) is 3.80. The third-order valence-electron chi connectivity index (χ3n) is 5.15. The molecule has 0 amide bonds.